The summed E-state index contributed by atoms with van der Waals surface area (Å²) in [5.74, 6) is 1.84. The molecule has 0 atom stereocenters. The maximum Gasteiger partial charge on any atom is 0.313 e. The molecule has 8 nitrogen and oxygen atoms in total. The quantitative estimate of drug-likeness (QED) is 0.258. The minimum atomic E-state index is -0.910. The number of carbonyl (C=O) groups excluding carboxylic acids is 1. The van der Waals surface area contributed by atoms with Crippen LogP contribution in [-0.4, -0.2) is 28.8 Å². The summed E-state index contributed by atoms with van der Waals surface area (Å²) in [4.78, 5) is 21.8. The van der Waals surface area contributed by atoms with Crippen LogP contribution >= 0.6 is 0 Å². The van der Waals surface area contributed by atoms with Gasteiger partial charge in [-0.1, -0.05) is 42.5 Å². The van der Waals surface area contributed by atoms with Gasteiger partial charge in [-0.05, 0) is 56.2 Å². The van der Waals surface area contributed by atoms with Crippen molar-refractivity contribution in [2.24, 2.45) is 0 Å². The van der Waals surface area contributed by atoms with E-state index in [0.29, 0.717) is 41.8 Å². The van der Waals surface area contributed by atoms with Crippen LogP contribution < -0.4 is 4.74 Å². The van der Waals surface area contributed by atoms with Gasteiger partial charge in [0.2, 0.25) is 0 Å². The van der Waals surface area contributed by atoms with Crippen LogP contribution in [0.4, 0.5) is 0 Å². The number of carbonyl (C=O) groups is 2. The van der Waals surface area contributed by atoms with Crippen LogP contribution in [0, 0.1) is 13.8 Å². The summed E-state index contributed by atoms with van der Waals surface area (Å²) >= 11 is 0. The number of aliphatic hydroxyl groups is 1. The van der Waals surface area contributed by atoms with Gasteiger partial charge >= 0.3 is 11.9 Å². The lowest BCUT2D eigenvalue weighted by Crippen LogP contribution is -2.06. The molecule has 4 rings (SSSR count). The van der Waals surface area contributed by atoms with E-state index in [1.54, 1.807) is 26.0 Å². The van der Waals surface area contributed by atoms with Crippen molar-refractivity contribution in [3.8, 4) is 16.9 Å². The number of aliphatic hydroxyl groups excluding tert-OH is 1. The minimum absolute atomic E-state index is 0.0713. The Kier molecular flexibility index (Phi) is 10.3. The second-order valence-corrected chi connectivity index (χ2v) is 8.48. The van der Waals surface area contributed by atoms with E-state index in [2.05, 4.69) is 12.1 Å². The first-order chi connectivity index (χ1) is 18.3. The van der Waals surface area contributed by atoms with E-state index >= 15 is 0 Å². The average Bonchev–Trinajstić information content (AvgIpc) is 3.43. The number of benzene rings is 2. The molecule has 2 heterocycles. The molecule has 2 aromatic carbocycles. The van der Waals surface area contributed by atoms with Crippen molar-refractivity contribution in [3.63, 3.8) is 0 Å². The molecular weight excluding hydrogens is 488 g/mol. The Hall–Kier alpha value is -4.30. The van der Waals surface area contributed by atoms with Gasteiger partial charge in [0.15, 0.2) is 0 Å². The van der Waals surface area contributed by atoms with Gasteiger partial charge in [-0.15, -0.1) is 0 Å². The van der Waals surface area contributed by atoms with Crippen molar-refractivity contribution >= 4 is 11.9 Å². The van der Waals surface area contributed by atoms with Crippen molar-refractivity contribution in [2.45, 2.75) is 46.8 Å². The minimum Gasteiger partial charge on any atom is -0.489 e. The molecule has 0 spiro atoms. The number of furan rings is 2. The van der Waals surface area contributed by atoms with Crippen molar-refractivity contribution in [3.05, 3.63) is 101 Å². The lowest BCUT2D eigenvalue weighted by molar-refractivity contribution is -0.142. The van der Waals surface area contributed by atoms with Crippen LogP contribution in [-0.2, 0) is 40.4 Å². The zero-order valence-electron chi connectivity index (χ0n) is 21.7. The van der Waals surface area contributed by atoms with Gasteiger partial charge in [0.05, 0.1) is 13.2 Å². The number of aryl methyl sites for hydroxylation is 2. The van der Waals surface area contributed by atoms with Crippen LogP contribution in [0.1, 0.15) is 41.1 Å². The van der Waals surface area contributed by atoms with E-state index in [4.69, 9.17) is 28.5 Å². The van der Waals surface area contributed by atoms with Crippen molar-refractivity contribution in [2.75, 3.05) is 6.61 Å². The Morgan fingerprint density at radius 3 is 1.97 bits per heavy atom. The largest absolute Gasteiger partial charge is 0.489 e. The Morgan fingerprint density at radius 1 is 0.816 bits per heavy atom. The monoisotopic (exact) mass is 520 g/mol. The Bertz CT molecular complexity index is 1320. The van der Waals surface area contributed by atoms with Crippen LogP contribution in [0.5, 0.6) is 5.75 Å². The van der Waals surface area contributed by atoms with Crippen molar-refractivity contribution in [1.29, 1.82) is 0 Å². The summed E-state index contributed by atoms with van der Waals surface area (Å²) in [6.07, 6.45) is 0.00128. The molecule has 0 fully saturated rings. The standard InChI is InChI=1S/C20H18O4.C10H14O4/c1-14-17(11-19(24-14)12-20(21)22)13-23-18-9-7-16(8-10-18)15-5-3-2-4-6-15;1-3-13-10(12)5-9-4-8(6-11)7(2)14-9/h2-11H,12-13H2,1H3,(H,21,22);4,11H,3,5-6H2,1-2H3. The zero-order valence-corrected chi connectivity index (χ0v) is 21.7. The maximum absolute atomic E-state index is 11.1. The lowest BCUT2D eigenvalue weighted by atomic mass is 10.1. The molecule has 0 amide bonds. The van der Waals surface area contributed by atoms with Crippen LogP contribution in [0.3, 0.4) is 0 Å². The molecule has 0 aliphatic heterocycles. The number of hydrogen-bond donors (Lipinski definition) is 2. The number of rotatable bonds is 10. The Labute approximate surface area is 221 Å². The van der Waals surface area contributed by atoms with Crippen LogP contribution in [0.2, 0.25) is 0 Å². The average molecular weight is 521 g/mol. The SMILES string of the molecule is CCOC(=O)Cc1cc(CO)c(C)o1.Cc1oc(CC(=O)O)cc1COc1ccc(-c2ccccc2)cc1. The highest BCUT2D eigenvalue weighted by atomic mass is 16.5. The maximum atomic E-state index is 11.1. The van der Waals surface area contributed by atoms with Gasteiger partial charge in [-0.3, -0.25) is 9.59 Å². The van der Waals surface area contributed by atoms with Crippen molar-refractivity contribution in [1.82, 2.24) is 0 Å². The zero-order chi connectivity index (χ0) is 27.5. The summed E-state index contributed by atoms with van der Waals surface area (Å²) in [5, 5.41) is 17.7. The van der Waals surface area contributed by atoms with Gasteiger partial charge in [-0.25, -0.2) is 0 Å². The number of carboxylic acid groups (broad SMARTS) is 1. The molecular formula is C30H32O8. The normalized spacial score (nSPS) is 10.4. The van der Waals surface area contributed by atoms with E-state index in [1.807, 2.05) is 49.4 Å². The second-order valence-electron chi connectivity index (χ2n) is 8.48. The molecule has 0 unspecified atom stereocenters. The van der Waals surface area contributed by atoms with E-state index in [0.717, 1.165) is 22.4 Å². The predicted molar refractivity (Wildman–Crippen MR) is 141 cm³/mol. The molecule has 2 N–H and O–H groups in total. The van der Waals surface area contributed by atoms with E-state index in [-0.39, 0.29) is 25.4 Å². The van der Waals surface area contributed by atoms with E-state index < -0.39 is 5.97 Å². The number of ether oxygens (including phenoxy) is 2. The summed E-state index contributed by atoms with van der Waals surface area (Å²) < 4.78 is 21.2. The van der Waals surface area contributed by atoms with Gasteiger partial charge in [0, 0.05) is 11.1 Å². The Morgan fingerprint density at radius 2 is 1.39 bits per heavy atom. The molecule has 38 heavy (non-hydrogen) atoms. The van der Waals surface area contributed by atoms with E-state index in [1.165, 1.54) is 0 Å². The summed E-state index contributed by atoms with van der Waals surface area (Å²) in [5.41, 5.74) is 3.86. The number of aliphatic carboxylic acids is 1. The first-order valence-electron chi connectivity index (χ1n) is 12.2. The molecule has 0 saturated heterocycles. The lowest BCUT2D eigenvalue weighted by Gasteiger charge is -2.07. The highest BCUT2D eigenvalue weighted by Crippen LogP contribution is 2.23. The van der Waals surface area contributed by atoms with Crippen LogP contribution in [0.25, 0.3) is 11.1 Å². The van der Waals surface area contributed by atoms with Crippen molar-refractivity contribution < 1.29 is 38.1 Å². The first-order valence-corrected chi connectivity index (χ1v) is 12.2. The third-order valence-electron chi connectivity index (χ3n) is 5.62. The summed E-state index contributed by atoms with van der Waals surface area (Å²) in [6.45, 7) is 5.95. The Balaban J connectivity index is 0.000000244. The van der Waals surface area contributed by atoms with Crippen LogP contribution in [0.15, 0.2) is 75.6 Å². The molecule has 0 radical (unpaired) electrons. The molecule has 0 aliphatic rings. The molecule has 0 bridgehead atoms. The van der Waals surface area contributed by atoms with Gasteiger partial charge in [0.1, 0.15) is 48.2 Å². The molecule has 0 saturated carbocycles. The van der Waals surface area contributed by atoms with E-state index in [9.17, 15) is 9.59 Å². The third-order valence-corrected chi connectivity index (χ3v) is 5.62. The fourth-order valence-corrected chi connectivity index (χ4v) is 3.69. The van der Waals surface area contributed by atoms with Gasteiger partial charge in [-0.2, -0.15) is 0 Å². The number of carboxylic acids is 1. The highest BCUT2D eigenvalue weighted by Gasteiger charge is 2.12. The fraction of sp³-hybridized carbons (Fsp3) is 0.267. The molecule has 2 aromatic heterocycles. The first kappa shape index (κ1) is 28.3. The van der Waals surface area contributed by atoms with Gasteiger partial charge in [0.25, 0.3) is 0 Å². The smallest absolute Gasteiger partial charge is 0.313 e. The predicted octanol–water partition coefficient (Wildman–Crippen LogP) is 5.65. The third kappa shape index (κ3) is 8.38. The topological polar surface area (TPSA) is 119 Å². The summed E-state index contributed by atoms with van der Waals surface area (Å²) in [6, 6.07) is 21.4. The molecule has 4 aromatic rings. The van der Waals surface area contributed by atoms with Gasteiger partial charge < -0.3 is 28.5 Å². The molecule has 8 heteroatoms. The number of esters is 1. The number of hydrogen-bond acceptors (Lipinski definition) is 7. The molecule has 0 aliphatic carbocycles. The fourth-order valence-electron chi connectivity index (χ4n) is 3.69. The summed E-state index contributed by atoms with van der Waals surface area (Å²) in [7, 11) is 0. The highest BCUT2D eigenvalue weighted by molar-refractivity contribution is 5.71. The second kappa shape index (κ2) is 13.9. The molecule has 200 valence electrons.